The highest BCUT2D eigenvalue weighted by molar-refractivity contribution is 6.05. The summed E-state index contributed by atoms with van der Waals surface area (Å²) in [5, 5.41) is 5.56. The minimum absolute atomic E-state index is 0.0151. The Bertz CT molecular complexity index is 623. The molecule has 2 fully saturated rings. The van der Waals surface area contributed by atoms with Crippen LogP contribution in [-0.2, 0) is 9.59 Å². The molecule has 25 heavy (non-hydrogen) atoms. The van der Waals surface area contributed by atoms with Crippen LogP contribution in [0.5, 0.6) is 0 Å². The number of carbonyl (C=O) groups excluding carboxylic acids is 2. The van der Waals surface area contributed by atoms with Crippen molar-refractivity contribution in [2.75, 3.05) is 13.6 Å². The average Bonchev–Trinajstić information content (AvgIpc) is 3.49. The van der Waals surface area contributed by atoms with E-state index in [2.05, 4.69) is 27.2 Å². The van der Waals surface area contributed by atoms with Crippen LogP contribution in [0.3, 0.4) is 0 Å². The van der Waals surface area contributed by atoms with E-state index >= 15 is 0 Å². The van der Waals surface area contributed by atoms with E-state index in [0.29, 0.717) is 18.3 Å². The lowest BCUT2D eigenvalue weighted by Gasteiger charge is -2.02. The number of rotatable bonds is 9. The molecule has 0 unspecified atom stereocenters. The fourth-order valence-corrected chi connectivity index (χ4v) is 2.25. The molecule has 0 bridgehead atoms. The molecule has 2 rings (SSSR count). The number of aliphatic imine (C=N–C) groups is 2. The summed E-state index contributed by atoms with van der Waals surface area (Å²) in [4.78, 5) is 31.6. The maximum absolute atomic E-state index is 11.8. The number of amidine groups is 1. The molecule has 6 heteroatoms. The van der Waals surface area contributed by atoms with Crippen molar-refractivity contribution in [2.24, 2.45) is 21.8 Å². The van der Waals surface area contributed by atoms with Crippen LogP contribution in [0.2, 0.25) is 0 Å². The van der Waals surface area contributed by atoms with Gasteiger partial charge in [-0.1, -0.05) is 18.7 Å². The summed E-state index contributed by atoms with van der Waals surface area (Å²) in [5.41, 5.74) is 1.20. The fraction of sp³-hybridized carbons (Fsp3) is 0.474. The summed E-state index contributed by atoms with van der Waals surface area (Å²) in [6.45, 7) is 4.13. The molecule has 0 aliphatic heterocycles. The smallest absolute Gasteiger partial charge is 0.228 e. The molecule has 0 heterocycles. The molecule has 0 aromatic carbocycles. The second kappa shape index (κ2) is 9.71. The van der Waals surface area contributed by atoms with Gasteiger partial charge in [0.2, 0.25) is 11.8 Å². The number of nitrogens with zero attached hydrogens (tertiary/aromatic N) is 2. The molecule has 134 valence electrons. The Morgan fingerprint density at radius 1 is 1.20 bits per heavy atom. The lowest BCUT2D eigenvalue weighted by molar-refractivity contribution is -0.121. The van der Waals surface area contributed by atoms with Gasteiger partial charge in [0.15, 0.2) is 0 Å². The van der Waals surface area contributed by atoms with Gasteiger partial charge in [-0.2, -0.15) is 0 Å². The monoisotopic (exact) mass is 342 g/mol. The number of amides is 2. The van der Waals surface area contributed by atoms with E-state index < -0.39 is 0 Å². The zero-order valence-corrected chi connectivity index (χ0v) is 14.7. The molecular formula is C19H26N4O2. The van der Waals surface area contributed by atoms with Crippen molar-refractivity contribution in [1.29, 1.82) is 0 Å². The van der Waals surface area contributed by atoms with Crippen LogP contribution in [0.4, 0.5) is 0 Å². The Balaban J connectivity index is 1.69. The van der Waals surface area contributed by atoms with Gasteiger partial charge in [0.05, 0.1) is 0 Å². The van der Waals surface area contributed by atoms with Crippen molar-refractivity contribution in [3.8, 4) is 0 Å². The number of carbonyl (C=O) groups is 2. The Morgan fingerprint density at radius 3 is 2.52 bits per heavy atom. The van der Waals surface area contributed by atoms with Crippen LogP contribution in [0, 0.1) is 11.8 Å². The molecule has 0 aromatic heterocycles. The zero-order chi connectivity index (χ0) is 18.1. The topological polar surface area (TPSA) is 82.9 Å². The number of hydrogen-bond acceptors (Lipinski definition) is 4. The number of hydrogen-bond donors (Lipinski definition) is 2. The zero-order valence-electron chi connectivity index (χ0n) is 14.7. The lowest BCUT2D eigenvalue weighted by atomic mass is 10.2. The third-order valence-corrected chi connectivity index (χ3v) is 3.98. The van der Waals surface area contributed by atoms with Gasteiger partial charge in [-0.15, -0.1) is 0 Å². The van der Waals surface area contributed by atoms with Gasteiger partial charge >= 0.3 is 0 Å². The van der Waals surface area contributed by atoms with Crippen LogP contribution in [0.25, 0.3) is 0 Å². The molecule has 6 nitrogen and oxygen atoms in total. The first kappa shape index (κ1) is 18.8. The predicted octanol–water partition coefficient (Wildman–Crippen LogP) is 2.15. The maximum Gasteiger partial charge on any atom is 0.228 e. The van der Waals surface area contributed by atoms with Crippen LogP contribution >= 0.6 is 0 Å². The van der Waals surface area contributed by atoms with E-state index in [1.165, 1.54) is 30.7 Å². The highest BCUT2D eigenvalue weighted by Crippen LogP contribution is 2.35. The standard InChI is InChI=1S/C19H26N4O2/c1-3-17(23-19(25)15-8-9-15)21-11-4-5-18(24)22-12-10-16(13-20-2)14-6-7-14/h3-4,10-11,13-15H,1,5-9,12H2,2H3,(H,22,24)(H,21,23,25)/b11-4-,16-10+,20-13?. The van der Waals surface area contributed by atoms with Gasteiger partial charge in [-0.25, -0.2) is 4.99 Å². The molecular weight excluding hydrogens is 316 g/mol. The van der Waals surface area contributed by atoms with E-state index in [0.717, 1.165) is 12.8 Å². The number of allylic oxidation sites excluding steroid dienone is 1. The highest BCUT2D eigenvalue weighted by Gasteiger charge is 2.29. The van der Waals surface area contributed by atoms with Gasteiger partial charge in [-0.05, 0) is 43.3 Å². The van der Waals surface area contributed by atoms with Crippen LogP contribution in [0.15, 0.2) is 46.6 Å². The predicted molar refractivity (Wildman–Crippen MR) is 100 cm³/mol. The van der Waals surface area contributed by atoms with Gasteiger partial charge in [0.25, 0.3) is 0 Å². The van der Waals surface area contributed by atoms with Crippen molar-refractivity contribution in [2.45, 2.75) is 32.1 Å². The summed E-state index contributed by atoms with van der Waals surface area (Å²) < 4.78 is 0. The molecule has 2 N–H and O–H groups in total. The lowest BCUT2D eigenvalue weighted by Crippen LogP contribution is -2.30. The fourth-order valence-electron chi connectivity index (χ4n) is 2.25. The summed E-state index contributed by atoms with van der Waals surface area (Å²) in [7, 11) is 1.75. The molecule has 0 spiro atoms. The Kier molecular flexibility index (Phi) is 7.32. The molecule has 2 amide bonds. The quantitative estimate of drug-likeness (QED) is 0.497. The average molecular weight is 342 g/mol. The first-order valence-corrected chi connectivity index (χ1v) is 8.69. The van der Waals surface area contributed by atoms with Crippen molar-refractivity contribution in [3.05, 3.63) is 36.6 Å². The minimum atomic E-state index is -0.0755. The van der Waals surface area contributed by atoms with Gasteiger partial charge < -0.3 is 10.6 Å². The molecule has 0 atom stereocenters. The summed E-state index contributed by atoms with van der Waals surface area (Å²) in [5.74, 6) is 1.04. The second-order valence-electron chi connectivity index (χ2n) is 6.24. The molecule has 2 aliphatic carbocycles. The molecule has 0 radical (unpaired) electrons. The van der Waals surface area contributed by atoms with Gasteiger partial charge in [-0.3, -0.25) is 14.6 Å². The van der Waals surface area contributed by atoms with Gasteiger partial charge in [0.1, 0.15) is 5.84 Å². The Hall–Kier alpha value is -2.50. The van der Waals surface area contributed by atoms with Crippen molar-refractivity contribution in [3.63, 3.8) is 0 Å². The van der Waals surface area contributed by atoms with E-state index in [1.54, 1.807) is 13.1 Å². The normalized spacial score (nSPS) is 18.6. The van der Waals surface area contributed by atoms with Crippen molar-refractivity contribution < 1.29 is 9.59 Å². The molecule has 0 saturated heterocycles. The van der Waals surface area contributed by atoms with E-state index in [9.17, 15) is 9.59 Å². The number of nitrogens with one attached hydrogen (secondary N) is 2. The van der Waals surface area contributed by atoms with E-state index in [1.807, 2.05) is 12.3 Å². The van der Waals surface area contributed by atoms with Crippen LogP contribution in [0.1, 0.15) is 32.1 Å². The van der Waals surface area contributed by atoms with Crippen molar-refractivity contribution >= 4 is 23.9 Å². The summed E-state index contributed by atoms with van der Waals surface area (Å²) in [6.07, 6.45) is 13.1. The highest BCUT2D eigenvalue weighted by atomic mass is 16.2. The third kappa shape index (κ3) is 7.28. The first-order valence-electron chi connectivity index (χ1n) is 8.69. The molecule has 2 aliphatic rings. The first-order chi connectivity index (χ1) is 12.1. The van der Waals surface area contributed by atoms with E-state index in [-0.39, 0.29) is 24.2 Å². The molecule has 2 saturated carbocycles. The minimum Gasteiger partial charge on any atom is -0.352 e. The van der Waals surface area contributed by atoms with Crippen LogP contribution in [-0.4, -0.2) is 37.5 Å². The summed E-state index contributed by atoms with van der Waals surface area (Å²) in [6, 6.07) is 0. The summed E-state index contributed by atoms with van der Waals surface area (Å²) >= 11 is 0. The third-order valence-electron chi connectivity index (χ3n) is 3.98. The molecule has 0 aromatic rings. The second-order valence-corrected chi connectivity index (χ2v) is 6.24. The van der Waals surface area contributed by atoms with Crippen LogP contribution < -0.4 is 10.6 Å². The Labute approximate surface area is 148 Å². The SMILES string of the molecule is C=CC(=N/C=C\CC(=O)NC/C=C(\C=NC)C1CC1)NC(=O)C1CC1. The van der Waals surface area contributed by atoms with Crippen molar-refractivity contribution in [1.82, 2.24) is 10.6 Å². The Morgan fingerprint density at radius 2 is 1.92 bits per heavy atom. The van der Waals surface area contributed by atoms with E-state index in [4.69, 9.17) is 0 Å². The van der Waals surface area contributed by atoms with Gasteiger partial charge in [0, 0.05) is 38.3 Å². The largest absolute Gasteiger partial charge is 0.352 e. The maximum atomic E-state index is 11.8.